The van der Waals surface area contributed by atoms with Gasteiger partial charge in [-0.2, -0.15) is 13.2 Å². The van der Waals surface area contributed by atoms with Gasteiger partial charge in [-0.1, -0.05) is 37.6 Å². The largest absolute Gasteiger partial charge is 0.416 e. The summed E-state index contributed by atoms with van der Waals surface area (Å²) in [5.74, 6) is 0. The van der Waals surface area contributed by atoms with E-state index in [-0.39, 0.29) is 11.5 Å². The molecule has 0 spiro atoms. The van der Waals surface area contributed by atoms with Crippen LogP contribution < -0.4 is 0 Å². The van der Waals surface area contributed by atoms with Gasteiger partial charge in [0.25, 0.3) is 0 Å². The summed E-state index contributed by atoms with van der Waals surface area (Å²) in [5.41, 5.74) is 1.36. The average Bonchev–Trinajstić information content (AvgIpc) is 3.01. The Morgan fingerprint density at radius 2 is 1.78 bits per heavy atom. The van der Waals surface area contributed by atoms with E-state index in [0.29, 0.717) is 12.6 Å². The summed E-state index contributed by atoms with van der Waals surface area (Å²) >= 11 is 0. The van der Waals surface area contributed by atoms with E-state index in [9.17, 15) is 13.2 Å². The Bertz CT molecular complexity index is 630. The smallest absolute Gasteiger partial charge is 0.383 e. The van der Waals surface area contributed by atoms with Crippen LogP contribution >= 0.6 is 0 Å². The number of nitrogens with zero attached hydrogens (tertiary/aromatic N) is 1. The third kappa shape index (κ3) is 5.82. The number of halogens is 3. The molecule has 0 aliphatic carbocycles. The van der Waals surface area contributed by atoms with Crippen LogP contribution in [0.1, 0.15) is 58.1 Å². The highest BCUT2D eigenvalue weighted by molar-refractivity contribution is 5.30. The van der Waals surface area contributed by atoms with Gasteiger partial charge in [0, 0.05) is 19.2 Å². The van der Waals surface area contributed by atoms with Gasteiger partial charge in [-0.15, -0.1) is 0 Å². The fraction of sp³-hybridized carbons (Fsp3) is 0.636. The molecule has 1 heterocycles. The maximum Gasteiger partial charge on any atom is 0.416 e. The number of likely N-dealkylation sites (tertiary alicyclic amines) is 1. The predicted molar refractivity (Wildman–Crippen MR) is 104 cm³/mol. The Hall–Kier alpha value is -1.33. The lowest BCUT2D eigenvalue weighted by Crippen LogP contribution is -2.43. The van der Waals surface area contributed by atoms with E-state index in [1.807, 2.05) is 0 Å². The van der Waals surface area contributed by atoms with Crippen LogP contribution in [0.5, 0.6) is 0 Å². The summed E-state index contributed by atoms with van der Waals surface area (Å²) in [4.78, 5) is 2.50. The fourth-order valence-electron chi connectivity index (χ4n) is 4.07. The van der Waals surface area contributed by atoms with E-state index in [2.05, 4.69) is 38.7 Å². The number of allylic oxidation sites excluding steroid dienone is 1. The number of alkyl halides is 3. The normalized spacial score (nSPS) is 19.9. The van der Waals surface area contributed by atoms with E-state index in [1.54, 1.807) is 19.2 Å². The van der Waals surface area contributed by atoms with Gasteiger partial charge in [-0.05, 0) is 62.8 Å². The molecule has 152 valence electrons. The Morgan fingerprint density at radius 1 is 1.19 bits per heavy atom. The first-order valence-corrected chi connectivity index (χ1v) is 9.62. The molecule has 2 rings (SSSR count). The molecule has 0 radical (unpaired) electrons. The molecule has 2 nitrogen and oxygen atoms in total. The van der Waals surface area contributed by atoms with Gasteiger partial charge < -0.3 is 4.74 Å². The van der Waals surface area contributed by atoms with Gasteiger partial charge in [-0.3, -0.25) is 4.90 Å². The fourth-order valence-corrected chi connectivity index (χ4v) is 4.07. The topological polar surface area (TPSA) is 12.5 Å². The van der Waals surface area contributed by atoms with Gasteiger partial charge in [0.05, 0.1) is 12.2 Å². The minimum Gasteiger partial charge on any atom is -0.383 e. The first kappa shape index (κ1) is 22.0. The van der Waals surface area contributed by atoms with Gasteiger partial charge >= 0.3 is 6.18 Å². The zero-order chi connectivity index (χ0) is 20.2. The SMILES string of the molecule is COC[C@H]1CCCN1C(C=C(C)C)CC(C)(C)c1ccc(C(F)(F)F)cc1. The second-order valence-corrected chi connectivity index (χ2v) is 8.46. The van der Waals surface area contributed by atoms with Crippen molar-refractivity contribution in [2.24, 2.45) is 0 Å². The zero-order valence-corrected chi connectivity index (χ0v) is 17.1. The molecular formula is C22H32F3NO. The molecule has 1 aromatic carbocycles. The molecule has 0 aromatic heterocycles. The maximum absolute atomic E-state index is 12.9. The molecule has 2 atom stereocenters. The molecule has 1 aliphatic rings. The maximum atomic E-state index is 12.9. The number of methoxy groups -OCH3 is 1. The number of rotatable bonds is 7. The van der Waals surface area contributed by atoms with E-state index >= 15 is 0 Å². The number of hydrogen-bond donors (Lipinski definition) is 0. The molecule has 27 heavy (non-hydrogen) atoms. The van der Waals surface area contributed by atoms with Gasteiger partial charge in [0.2, 0.25) is 0 Å². The molecule has 0 bridgehead atoms. The highest BCUT2D eigenvalue weighted by Crippen LogP contribution is 2.35. The van der Waals surface area contributed by atoms with E-state index in [4.69, 9.17) is 4.74 Å². The summed E-state index contributed by atoms with van der Waals surface area (Å²) < 4.78 is 44.0. The van der Waals surface area contributed by atoms with Crippen LogP contribution in [-0.2, 0) is 16.3 Å². The predicted octanol–water partition coefficient (Wildman–Crippen LogP) is 5.82. The van der Waals surface area contributed by atoms with Gasteiger partial charge in [0.1, 0.15) is 0 Å². The third-order valence-electron chi connectivity index (χ3n) is 5.45. The molecular weight excluding hydrogens is 351 g/mol. The molecule has 0 saturated carbocycles. The van der Waals surface area contributed by atoms with Crippen LogP contribution in [0.15, 0.2) is 35.9 Å². The van der Waals surface area contributed by atoms with Crippen LogP contribution in [0.3, 0.4) is 0 Å². The molecule has 1 aliphatic heterocycles. The van der Waals surface area contributed by atoms with Crippen molar-refractivity contribution in [3.8, 4) is 0 Å². The summed E-state index contributed by atoms with van der Waals surface area (Å²) in [6.45, 7) is 10.2. The van der Waals surface area contributed by atoms with Crippen molar-refractivity contribution in [2.45, 2.75) is 70.6 Å². The molecule has 1 fully saturated rings. The summed E-state index contributed by atoms with van der Waals surface area (Å²) in [6.07, 6.45) is 1.13. The van der Waals surface area contributed by atoms with Crippen molar-refractivity contribution < 1.29 is 17.9 Å². The Kier molecular flexibility index (Phi) is 7.14. The molecule has 5 heteroatoms. The molecule has 1 saturated heterocycles. The highest BCUT2D eigenvalue weighted by atomic mass is 19.4. The van der Waals surface area contributed by atoms with Crippen molar-refractivity contribution in [1.82, 2.24) is 4.90 Å². The first-order valence-electron chi connectivity index (χ1n) is 9.62. The Labute approximate surface area is 161 Å². The number of benzene rings is 1. The van der Waals surface area contributed by atoms with Crippen LogP contribution in [0.4, 0.5) is 13.2 Å². The minimum atomic E-state index is -4.30. The Balaban J connectivity index is 2.23. The van der Waals surface area contributed by atoms with Crippen molar-refractivity contribution in [3.05, 3.63) is 47.0 Å². The summed E-state index contributed by atoms with van der Waals surface area (Å²) in [6, 6.07) is 6.28. The van der Waals surface area contributed by atoms with Crippen LogP contribution in [0, 0.1) is 0 Å². The first-order chi connectivity index (χ1) is 12.5. The standard InChI is InChI=1S/C22H32F3NO/c1-16(2)13-20(26-12-6-7-19(26)15-27-5)14-21(3,4)17-8-10-18(11-9-17)22(23,24)25/h8-11,13,19-20H,6-7,12,14-15H2,1-5H3/t19-,20?/m1/s1. The van der Waals surface area contributed by atoms with Crippen molar-refractivity contribution >= 4 is 0 Å². The quantitative estimate of drug-likeness (QED) is 0.550. The van der Waals surface area contributed by atoms with Crippen LogP contribution in [-0.4, -0.2) is 37.2 Å². The lowest BCUT2D eigenvalue weighted by atomic mass is 9.78. The second-order valence-electron chi connectivity index (χ2n) is 8.46. The van der Waals surface area contributed by atoms with E-state index < -0.39 is 11.7 Å². The van der Waals surface area contributed by atoms with E-state index in [0.717, 1.165) is 31.4 Å². The van der Waals surface area contributed by atoms with Crippen molar-refractivity contribution in [3.63, 3.8) is 0 Å². The van der Waals surface area contributed by atoms with Gasteiger partial charge in [-0.25, -0.2) is 0 Å². The Morgan fingerprint density at radius 3 is 2.30 bits per heavy atom. The number of hydrogen-bond acceptors (Lipinski definition) is 2. The lowest BCUT2D eigenvalue weighted by Gasteiger charge is -2.37. The monoisotopic (exact) mass is 383 g/mol. The molecule has 0 N–H and O–H groups in total. The highest BCUT2D eigenvalue weighted by Gasteiger charge is 2.35. The second kappa shape index (κ2) is 8.78. The third-order valence-corrected chi connectivity index (χ3v) is 5.45. The molecule has 1 unspecified atom stereocenters. The minimum absolute atomic E-state index is 0.235. The summed E-state index contributed by atoms with van der Waals surface area (Å²) in [7, 11) is 1.73. The molecule has 1 aromatic rings. The summed E-state index contributed by atoms with van der Waals surface area (Å²) in [5, 5.41) is 0. The van der Waals surface area contributed by atoms with Crippen LogP contribution in [0.25, 0.3) is 0 Å². The molecule has 0 amide bonds. The number of ether oxygens (including phenoxy) is 1. The average molecular weight is 383 g/mol. The van der Waals surface area contributed by atoms with Crippen molar-refractivity contribution in [1.29, 1.82) is 0 Å². The van der Waals surface area contributed by atoms with Crippen LogP contribution in [0.2, 0.25) is 0 Å². The lowest BCUT2D eigenvalue weighted by molar-refractivity contribution is -0.137. The van der Waals surface area contributed by atoms with Crippen molar-refractivity contribution in [2.75, 3.05) is 20.3 Å². The zero-order valence-electron chi connectivity index (χ0n) is 17.1. The van der Waals surface area contributed by atoms with Gasteiger partial charge in [0.15, 0.2) is 0 Å². The van der Waals surface area contributed by atoms with E-state index in [1.165, 1.54) is 17.7 Å².